The highest BCUT2D eigenvalue weighted by molar-refractivity contribution is 5.95. The molecule has 156 valence electrons. The molecular formula is C21H26ClFN4O2. The molecule has 1 heterocycles. The van der Waals surface area contributed by atoms with Crippen LogP contribution in [0.15, 0.2) is 48.5 Å². The largest absolute Gasteiger partial charge is 0.336 e. The Morgan fingerprint density at radius 1 is 1.10 bits per heavy atom. The molecule has 2 aromatic rings. The van der Waals surface area contributed by atoms with Crippen LogP contribution >= 0.6 is 12.4 Å². The van der Waals surface area contributed by atoms with E-state index in [1.165, 1.54) is 12.1 Å². The Bertz CT molecular complexity index is 839. The van der Waals surface area contributed by atoms with Gasteiger partial charge in [-0.15, -0.1) is 12.4 Å². The van der Waals surface area contributed by atoms with Crippen molar-refractivity contribution in [3.63, 3.8) is 0 Å². The first kappa shape index (κ1) is 22.8. The Balaban J connectivity index is 0.00000300. The molecule has 3 N–H and O–H groups in total. The molecule has 0 spiro atoms. The second-order valence-corrected chi connectivity index (χ2v) is 6.90. The molecule has 0 radical (unpaired) electrons. The number of hydrogen-bond donors (Lipinski definition) is 2. The van der Waals surface area contributed by atoms with E-state index >= 15 is 0 Å². The summed E-state index contributed by atoms with van der Waals surface area (Å²) in [5, 5.41) is 2.74. The second kappa shape index (κ2) is 10.3. The predicted octanol–water partition coefficient (Wildman–Crippen LogP) is 2.49. The van der Waals surface area contributed by atoms with Crippen molar-refractivity contribution in [1.82, 2.24) is 9.80 Å². The number of anilines is 1. The molecule has 8 heteroatoms. The topological polar surface area (TPSA) is 78.7 Å². The van der Waals surface area contributed by atoms with Crippen LogP contribution in [-0.4, -0.2) is 53.8 Å². The summed E-state index contributed by atoms with van der Waals surface area (Å²) in [4.78, 5) is 28.9. The van der Waals surface area contributed by atoms with Crippen molar-refractivity contribution in [3.8, 4) is 0 Å². The Hall–Kier alpha value is -2.48. The lowest BCUT2D eigenvalue weighted by molar-refractivity contribution is -0.121. The van der Waals surface area contributed by atoms with Gasteiger partial charge in [0.1, 0.15) is 5.82 Å². The SMILES string of the molecule is CC(C(=O)Nc1cccc(F)c1)N1CCN(C(=O)c2ccc(CN)cc2)CC1.Cl. The molecule has 3 rings (SSSR count). The lowest BCUT2D eigenvalue weighted by Crippen LogP contribution is -2.54. The Morgan fingerprint density at radius 2 is 1.76 bits per heavy atom. The zero-order valence-electron chi connectivity index (χ0n) is 16.3. The highest BCUT2D eigenvalue weighted by Gasteiger charge is 2.28. The normalized spacial score (nSPS) is 15.3. The summed E-state index contributed by atoms with van der Waals surface area (Å²) < 4.78 is 13.3. The first-order valence-electron chi connectivity index (χ1n) is 9.36. The van der Waals surface area contributed by atoms with Gasteiger partial charge in [0.25, 0.3) is 5.91 Å². The van der Waals surface area contributed by atoms with E-state index in [0.717, 1.165) is 5.56 Å². The van der Waals surface area contributed by atoms with E-state index < -0.39 is 5.82 Å². The quantitative estimate of drug-likeness (QED) is 0.779. The average molecular weight is 421 g/mol. The third-order valence-electron chi connectivity index (χ3n) is 5.06. The first-order chi connectivity index (χ1) is 13.5. The monoisotopic (exact) mass is 420 g/mol. The summed E-state index contributed by atoms with van der Waals surface area (Å²) >= 11 is 0. The molecular weight excluding hydrogens is 395 g/mol. The molecule has 0 bridgehead atoms. The molecule has 1 aliphatic rings. The number of hydrogen-bond acceptors (Lipinski definition) is 4. The minimum Gasteiger partial charge on any atom is -0.336 e. The second-order valence-electron chi connectivity index (χ2n) is 6.90. The molecule has 0 saturated carbocycles. The summed E-state index contributed by atoms with van der Waals surface area (Å²) in [6.07, 6.45) is 0. The molecule has 2 amide bonds. The van der Waals surface area contributed by atoms with Gasteiger partial charge in [-0.25, -0.2) is 4.39 Å². The van der Waals surface area contributed by atoms with Gasteiger partial charge in [-0.2, -0.15) is 0 Å². The number of piperazine rings is 1. The van der Waals surface area contributed by atoms with Gasteiger partial charge in [0.15, 0.2) is 0 Å². The highest BCUT2D eigenvalue weighted by Crippen LogP contribution is 2.14. The van der Waals surface area contributed by atoms with Crippen LogP contribution < -0.4 is 11.1 Å². The molecule has 0 aromatic heterocycles. The molecule has 1 unspecified atom stereocenters. The van der Waals surface area contributed by atoms with Crippen molar-refractivity contribution < 1.29 is 14.0 Å². The van der Waals surface area contributed by atoms with Crippen LogP contribution in [0.1, 0.15) is 22.8 Å². The molecule has 1 saturated heterocycles. The number of carbonyl (C=O) groups excluding carboxylic acids is 2. The van der Waals surface area contributed by atoms with E-state index in [2.05, 4.69) is 5.32 Å². The molecule has 1 atom stereocenters. The van der Waals surface area contributed by atoms with Crippen molar-refractivity contribution in [2.24, 2.45) is 5.73 Å². The van der Waals surface area contributed by atoms with Crippen molar-refractivity contribution in [2.75, 3.05) is 31.5 Å². The van der Waals surface area contributed by atoms with Gasteiger partial charge in [0, 0.05) is 44.0 Å². The number of nitrogens with one attached hydrogen (secondary N) is 1. The van der Waals surface area contributed by atoms with Gasteiger partial charge < -0.3 is 16.0 Å². The molecule has 6 nitrogen and oxygen atoms in total. The molecule has 2 aromatic carbocycles. The van der Waals surface area contributed by atoms with Gasteiger partial charge in [-0.1, -0.05) is 18.2 Å². The Labute approximate surface area is 176 Å². The minimum absolute atomic E-state index is 0. The molecule has 0 aliphatic carbocycles. The number of nitrogens with zero attached hydrogens (tertiary/aromatic N) is 2. The number of amides is 2. The third kappa shape index (κ3) is 5.76. The lowest BCUT2D eigenvalue weighted by Gasteiger charge is -2.37. The van der Waals surface area contributed by atoms with Crippen LogP contribution in [0.25, 0.3) is 0 Å². The fraction of sp³-hybridized carbons (Fsp3) is 0.333. The number of benzene rings is 2. The van der Waals surface area contributed by atoms with Crippen LogP contribution in [0.2, 0.25) is 0 Å². The highest BCUT2D eigenvalue weighted by atomic mass is 35.5. The van der Waals surface area contributed by atoms with Crippen molar-refractivity contribution in [3.05, 3.63) is 65.5 Å². The fourth-order valence-electron chi connectivity index (χ4n) is 3.26. The third-order valence-corrected chi connectivity index (χ3v) is 5.06. The maximum absolute atomic E-state index is 13.3. The summed E-state index contributed by atoms with van der Waals surface area (Å²) in [7, 11) is 0. The number of carbonyl (C=O) groups is 2. The van der Waals surface area contributed by atoms with Gasteiger partial charge >= 0.3 is 0 Å². The van der Waals surface area contributed by atoms with E-state index in [4.69, 9.17) is 5.73 Å². The Morgan fingerprint density at radius 3 is 2.34 bits per heavy atom. The van der Waals surface area contributed by atoms with Crippen LogP contribution in [0.4, 0.5) is 10.1 Å². The van der Waals surface area contributed by atoms with Crippen LogP contribution in [0, 0.1) is 5.82 Å². The van der Waals surface area contributed by atoms with Crippen molar-refractivity contribution >= 4 is 29.9 Å². The lowest BCUT2D eigenvalue weighted by atomic mass is 10.1. The van der Waals surface area contributed by atoms with E-state index in [-0.39, 0.29) is 30.3 Å². The van der Waals surface area contributed by atoms with Gasteiger partial charge in [0.2, 0.25) is 5.91 Å². The van der Waals surface area contributed by atoms with E-state index in [9.17, 15) is 14.0 Å². The Kier molecular flexibility index (Phi) is 8.13. The van der Waals surface area contributed by atoms with Gasteiger partial charge in [0.05, 0.1) is 6.04 Å². The fourth-order valence-corrected chi connectivity index (χ4v) is 3.26. The van der Waals surface area contributed by atoms with Gasteiger partial charge in [-0.05, 0) is 42.8 Å². The zero-order valence-corrected chi connectivity index (χ0v) is 17.1. The van der Waals surface area contributed by atoms with Crippen LogP contribution in [0.5, 0.6) is 0 Å². The summed E-state index contributed by atoms with van der Waals surface area (Å²) in [5.41, 5.74) is 7.65. The average Bonchev–Trinajstić information content (AvgIpc) is 2.73. The predicted molar refractivity (Wildman–Crippen MR) is 114 cm³/mol. The standard InChI is InChI=1S/C21H25FN4O2.ClH/c1-15(20(27)24-19-4-2-3-18(22)13-19)25-9-11-26(12-10-25)21(28)17-7-5-16(14-23)6-8-17;/h2-8,13,15H,9-12,14,23H2,1H3,(H,24,27);1H. The van der Waals surface area contributed by atoms with Crippen LogP contribution in [-0.2, 0) is 11.3 Å². The minimum atomic E-state index is -0.392. The number of nitrogens with two attached hydrogens (primary N) is 1. The summed E-state index contributed by atoms with van der Waals surface area (Å²) in [5.74, 6) is -0.597. The van der Waals surface area contributed by atoms with Crippen molar-refractivity contribution in [1.29, 1.82) is 0 Å². The van der Waals surface area contributed by atoms with E-state index in [1.807, 2.05) is 24.0 Å². The molecule has 29 heavy (non-hydrogen) atoms. The summed E-state index contributed by atoms with van der Waals surface area (Å²) in [6.45, 7) is 4.57. The zero-order chi connectivity index (χ0) is 20.1. The number of halogens is 2. The van der Waals surface area contributed by atoms with Crippen molar-refractivity contribution in [2.45, 2.75) is 19.5 Å². The maximum atomic E-state index is 13.3. The maximum Gasteiger partial charge on any atom is 0.253 e. The summed E-state index contributed by atoms with van der Waals surface area (Å²) in [6, 6.07) is 12.8. The smallest absolute Gasteiger partial charge is 0.253 e. The van der Waals surface area contributed by atoms with E-state index in [0.29, 0.717) is 44.0 Å². The molecule has 1 aliphatic heterocycles. The van der Waals surface area contributed by atoms with E-state index in [1.54, 1.807) is 29.2 Å². The first-order valence-corrected chi connectivity index (χ1v) is 9.36. The molecule has 1 fully saturated rings. The number of rotatable bonds is 5. The van der Waals surface area contributed by atoms with Crippen LogP contribution in [0.3, 0.4) is 0 Å². The van der Waals surface area contributed by atoms with Gasteiger partial charge in [-0.3, -0.25) is 14.5 Å².